The first kappa shape index (κ1) is 21.1. The third-order valence-electron chi connectivity index (χ3n) is 5.47. The third kappa shape index (κ3) is 4.03. The van der Waals surface area contributed by atoms with Crippen molar-refractivity contribution in [2.45, 2.75) is 41.5 Å². The summed E-state index contributed by atoms with van der Waals surface area (Å²) in [6, 6.07) is 8.51. The topological polar surface area (TPSA) is 92.5 Å². The van der Waals surface area contributed by atoms with Crippen molar-refractivity contribution in [2.24, 2.45) is 0 Å². The number of halogens is 1. The number of thioether (sulfide) groups is 1. The predicted octanol–water partition coefficient (Wildman–Crippen LogP) is 4.56. The zero-order chi connectivity index (χ0) is 21.3. The molecule has 0 bridgehead atoms. The summed E-state index contributed by atoms with van der Waals surface area (Å²) in [7, 11) is -3.77. The van der Waals surface area contributed by atoms with Gasteiger partial charge in [-0.2, -0.15) is 4.31 Å². The average Bonchev–Trinajstić information content (AvgIpc) is 2.75. The van der Waals surface area contributed by atoms with Gasteiger partial charge < -0.3 is 5.32 Å². The van der Waals surface area contributed by atoms with E-state index in [1.54, 1.807) is 6.07 Å². The number of nitro groups is 1. The van der Waals surface area contributed by atoms with Crippen molar-refractivity contribution in [3.8, 4) is 0 Å². The highest BCUT2D eigenvalue weighted by atomic mass is 32.2. The Morgan fingerprint density at radius 3 is 2.67 bits per heavy atom. The second-order valence-electron chi connectivity index (χ2n) is 7.39. The van der Waals surface area contributed by atoms with Crippen molar-refractivity contribution in [1.82, 2.24) is 4.31 Å². The third-order valence-corrected chi connectivity index (χ3v) is 8.53. The van der Waals surface area contributed by atoms with E-state index in [-0.39, 0.29) is 28.1 Å². The highest BCUT2D eigenvalue weighted by Crippen LogP contribution is 2.41. The lowest BCUT2D eigenvalue weighted by Gasteiger charge is -2.27. The number of rotatable bonds is 5. The zero-order valence-corrected chi connectivity index (χ0v) is 17.8. The molecule has 160 valence electrons. The van der Waals surface area contributed by atoms with E-state index in [1.807, 2.05) is 6.07 Å². The van der Waals surface area contributed by atoms with E-state index in [0.29, 0.717) is 30.2 Å². The van der Waals surface area contributed by atoms with E-state index in [0.717, 1.165) is 30.9 Å². The number of benzene rings is 2. The summed E-state index contributed by atoms with van der Waals surface area (Å²) in [4.78, 5) is 11.6. The molecule has 0 spiro atoms. The van der Waals surface area contributed by atoms with Crippen LogP contribution in [0.5, 0.6) is 0 Å². The van der Waals surface area contributed by atoms with Crippen LogP contribution in [0.15, 0.2) is 46.2 Å². The van der Waals surface area contributed by atoms with Crippen LogP contribution in [0.25, 0.3) is 0 Å². The van der Waals surface area contributed by atoms with Gasteiger partial charge in [0.05, 0.1) is 15.9 Å². The molecule has 30 heavy (non-hydrogen) atoms. The molecule has 2 aliphatic rings. The van der Waals surface area contributed by atoms with E-state index in [9.17, 15) is 22.9 Å². The maximum absolute atomic E-state index is 14.1. The Bertz CT molecular complexity index is 1070. The lowest BCUT2D eigenvalue weighted by Crippen LogP contribution is -2.35. The number of nitrogens with one attached hydrogen (secondary N) is 1. The predicted molar refractivity (Wildman–Crippen MR) is 114 cm³/mol. The van der Waals surface area contributed by atoms with Crippen LogP contribution in [-0.4, -0.2) is 36.5 Å². The molecule has 1 fully saturated rings. The van der Waals surface area contributed by atoms with Crippen LogP contribution in [0.4, 0.5) is 15.8 Å². The number of hydrogen-bond acceptors (Lipinski definition) is 6. The van der Waals surface area contributed by atoms with Gasteiger partial charge in [0.15, 0.2) is 0 Å². The molecule has 0 aliphatic carbocycles. The van der Waals surface area contributed by atoms with Gasteiger partial charge in [-0.25, -0.2) is 12.8 Å². The Hall–Kier alpha value is -2.17. The number of piperidine rings is 1. The number of fused-ring (bicyclic) bond motifs is 1. The highest BCUT2D eigenvalue weighted by molar-refractivity contribution is 7.99. The summed E-state index contributed by atoms with van der Waals surface area (Å²) in [6.07, 6.45) is 3.23. The summed E-state index contributed by atoms with van der Waals surface area (Å²) in [6.45, 7) is 0.858. The largest absolute Gasteiger partial charge is 0.373 e. The quantitative estimate of drug-likeness (QED) is 0.529. The van der Waals surface area contributed by atoms with Crippen molar-refractivity contribution in [1.29, 1.82) is 0 Å². The fourth-order valence-corrected chi connectivity index (χ4v) is 6.60. The van der Waals surface area contributed by atoms with Crippen LogP contribution in [0.2, 0.25) is 0 Å². The molecule has 0 unspecified atom stereocenters. The number of nitro benzene ring substituents is 1. The van der Waals surface area contributed by atoms with Crippen molar-refractivity contribution in [3.63, 3.8) is 0 Å². The second kappa shape index (κ2) is 8.52. The summed E-state index contributed by atoms with van der Waals surface area (Å²) >= 11 is 1.43. The van der Waals surface area contributed by atoms with Gasteiger partial charge in [0, 0.05) is 29.8 Å². The Labute approximate surface area is 178 Å². The number of nitrogens with zero attached hydrogens (tertiary/aromatic N) is 2. The van der Waals surface area contributed by atoms with Gasteiger partial charge in [-0.15, -0.1) is 11.8 Å². The Morgan fingerprint density at radius 1 is 1.17 bits per heavy atom. The van der Waals surface area contributed by atoms with Crippen LogP contribution in [0, 0.1) is 15.9 Å². The molecule has 1 atom stereocenters. The monoisotopic (exact) mass is 451 g/mol. The second-order valence-corrected chi connectivity index (χ2v) is 10.4. The van der Waals surface area contributed by atoms with E-state index in [4.69, 9.17) is 0 Å². The number of sulfonamides is 1. The molecular formula is C20H22FN3O4S2. The van der Waals surface area contributed by atoms with Crippen LogP contribution in [0.1, 0.15) is 37.3 Å². The van der Waals surface area contributed by atoms with Gasteiger partial charge in [0.1, 0.15) is 11.5 Å². The molecule has 4 rings (SSSR count). The van der Waals surface area contributed by atoms with E-state index >= 15 is 0 Å². The van der Waals surface area contributed by atoms with Crippen LogP contribution >= 0.6 is 11.8 Å². The minimum absolute atomic E-state index is 0.0766. The molecule has 1 N–H and O–H groups in total. The molecule has 10 heteroatoms. The van der Waals surface area contributed by atoms with Crippen LogP contribution in [-0.2, 0) is 10.0 Å². The van der Waals surface area contributed by atoms with E-state index in [1.165, 1.54) is 34.3 Å². The first-order chi connectivity index (χ1) is 14.4. The van der Waals surface area contributed by atoms with Gasteiger partial charge in [-0.1, -0.05) is 18.6 Å². The number of anilines is 1. The van der Waals surface area contributed by atoms with Crippen molar-refractivity contribution in [2.75, 3.05) is 24.2 Å². The fraction of sp³-hybridized carbons (Fsp3) is 0.400. The molecular weight excluding hydrogens is 429 g/mol. The van der Waals surface area contributed by atoms with E-state index < -0.39 is 14.9 Å². The molecule has 7 nitrogen and oxygen atoms in total. The van der Waals surface area contributed by atoms with Crippen molar-refractivity contribution in [3.05, 3.63) is 57.9 Å². The average molecular weight is 452 g/mol. The highest BCUT2D eigenvalue weighted by Gasteiger charge is 2.30. The van der Waals surface area contributed by atoms with Gasteiger partial charge in [0.2, 0.25) is 10.0 Å². The summed E-state index contributed by atoms with van der Waals surface area (Å²) in [5.41, 5.74) is 0.680. The number of hydrogen-bond donors (Lipinski definition) is 1. The summed E-state index contributed by atoms with van der Waals surface area (Å²) in [5.74, 6) is 0.377. The molecule has 2 aromatic rings. The Balaban J connectivity index is 1.66. The SMILES string of the molecule is O=[N+]([O-])c1cc(S(=O)(=O)N2CCCCC2)ccc1N[C@H]1CCSc2c(F)cccc21. The normalized spacial score (nSPS) is 19.8. The minimum Gasteiger partial charge on any atom is -0.373 e. The van der Waals surface area contributed by atoms with E-state index in [2.05, 4.69) is 5.32 Å². The zero-order valence-electron chi connectivity index (χ0n) is 16.2. The van der Waals surface area contributed by atoms with Gasteiger partial charge in [0.25, 0.3) is 5.69 Å². The summed E-state index contributed by atoms with van der Waals surface area (Å²) < 4.78 is 41.3. The summed E-state index contributed by atoms with van der Waals surface area (Å²) in [5, 5.41) is 14.9. The lowest BCUT2D eigenvalue weighted by atomic mass is 10.0. The standard InChI is InChI=1S/C20H22FN3O4S2/c21-16-6-4-5-15-17(9-12-29-20(15)16)22-18-8-7-14(13-19(18)24(25)26)30(27,28)23-10-2-1-3-11-23/h4-8,13,17,22H,1-3,9-12H2/t17-/m0/s1. The van der Waals surface area contributed by atoms with Crippen LogP contribution in [0.3, 0.4) is 0 Å². The van der Waals surface area contributed by atoms with Crippen LogP contribution < -0.4 is 5.32 Å². The molecule has 0 radical (unpaired) electrons. The fourth-order valence-electron chi connectivity index (χ4n) is 3.92. The Kier molecular flexibility index (Phi) is 5.99. The molecule has 0 amide bonds. The molecule has 1 saturated heterocycles. The van der Waals surface area contributed by atoms with Crippen molar-refractivity contribution >= 4 is 33.2 Å². The Morgan fingerprint density at radius 2 is 1.93 bits per heavy atom. The van der Waals surface area contributed by atoms with Gasteiger partial charge in [-0.3, -0.25) is 10.1 Å². The first-order valence-electron chi connectivity index (χ1n) is 9.84. The van der Waals surface area contributed by atoms with Crippen molar-refractivity contribution < 1.29 is 17.7 Å². The van der Waals surface area contributed by atoms with Gasteiger partial charge >= 0.3 is 0 Å². The molecule has 0 saturated carbocycles. The molecule has 0 aromatic heterocycles. The smallest absolute Gasteiger partial charge is 0.293 e. The molecule has 2 aliphatic heterocycles. The maximum atomic E-state index is 14.1. The lowest BCUT2D eigenvalue weighted by molar-refractivity contribution is -0.384. The maximum Gasteiger partial charge on any atom is 0.293 e. The minimum atomic E-state index is -3.77. The molecule has 2 heterocycles. The first-order valence-corrected chi connectivity index (χ1v) is 12.3. The molecule has 2 aromatic carbocycles. The van der Waals surface area contributed by atoms with Gasteiger partial charge in [-0.05, 0) is 43.0 Å².